The fraction of sp³-hybridized carbons (Fsp3) is 0.533. The van der Waals surface area contributed by atoms with Crippen molar-refractivity contribution in [1.82, 2.24) is 10.2 Å². The molecule has 1 aromatic rings. The van der Waals surface area contributed by atoms with Gasteiger partial charge >= 0.3 is 0 Å². The highest BCUT2D eigenvalue weighted by Gasteiger charge is 2.47. The molecule has 0 unspecified atom stereocenters. The SMILES string of the molecule is CN(C(=O)[C@@H]1C[C@H]1c1cccc(F)c1F)[C@H]1CCNC1. The number of benzene rings is 1. The highest BCUT2D eigenvalue weighted by atomic mass is 19.2. The summed E-state index contributed by atoms with van der Waals surface area (Å²) in [5.74, 6) is -1.97. The third kappa shape index (κ3) is 2.30. The first-order valence-corrected chi connectivity index (χ1v) is 7.01. The van der Waals surface area contributed by atoms with E-state index in [0.29, 0.717) is 12.0 Å². The number of halogens is 2. The summed E-state index contributed by atoms with van der Waals surface area (Å²) in [4.78, 5) is 14.1. The number of rotatable bonds is 3. The zero-order valence-electron chi connectivity index (χ0n) is 11.4. The Kier molecular flexibility index (Phi) is 3.46. The normalized spacial score (nSPS) is 28.4. The van der Waals surface area contributed by atoms with Crippen LogP contribution in [0.15, 0.2) is 18.2 Å². The molecule has 1 aliphatic carbocycles. The first kappa shape index (κ1) is 13.5. The minimum atomic E-state index is -0.839. The number of carbonyl (C=O) groups is 1. The molecule has 5 heteroatoms. The second-order valence-electron chi connectivity index (χ2n) is 5.69. The van der Waals surface area contributed by atoms with E-state index in [1.807, 2.05) is 0 Å². The van der Waals surface area contributed by atoms with Gasteiger partial charge in [0.25, 0.3) is 0 Å². The maximum atomic E-state index is 13.7. The molecule has 1 aliphatic heterocycles. The number of amides is 1. The van der Waals surface area contributed by atoms with Gasteiger partial charge in [0.1, 0.15) is 0 Å². The van der Waals surface area contributed by atoms with Crippen LogP contribution in [-0.2, 0) is 4.79 Å². The van der Waals surface area contributed by atoms with E-state index in [1.54, 1.807) is 18.0 Å². The second-order valence-corrected chi connectivity index (χ2v) is 5.69. The van der Waals surface area contributed by atoms with Crippen LogP contribution in [0.4, 0.5) is 8.78 Å². The van der Waals surface area contributed by atoms with Crippen LogP contribution in [0.25, 0.3) is 0 Å². The fourth-order valence-electron chi connectivity index (χ4n) is 3.03. The minimum absolute atomic E-state index is 0.0485. The number of carbonyl (C=O) groups excluding carboxylic acids is 1. The highest BCUT2D eigenvalue weighted by Crippen LogP contribution is 2.49. The summed E-state index contributed by atoms with van der Waals surface area (Å²) < 4.78 is 26.9. The molecule has 3 nitrogen and oxygen atoms in total. The summed E-state index contributed by atoms with van der Waals surface area (Å²) >= 11 is 0. The molecular formula is C15H18F2N2O. The first-order valence-electron chi connectivity index (χ1n) is 7.01. The molecule has 0 radical (unpaired) electrons. The van der Waals surface area contributed by atoms with E-state index in [1.165, 1.54) is 6.07 Å². The van der Waals surface area contributed by atoms with Crippen LogP contribution >= 0.6 is 0 Å². The smallest absolute Gasteiger partial charge is 0.226 e. The van der Waals surface area contributed by atoms with Crippen molar-refractivity contribution in [2.45, 2.75) is 24.8 Å². The van der Waals surface area contributed by atoms with Crippen LogP contribution < -0.4 is 5.32 Å². The molecule has 0 spiro atoms. The molecular weight excluding hydrogens is 262 g/mol. The van der Waals surface area contributed by atoms with Crippen molar-refractivity contribution in [3.63, 3.8) is 0 Å². The topological polar surface area (TPSA) is 32.3 Å². The van der Waals surface area contributed by atoms with E-state index in [4.69, 9.17) is 0 Å². The monoisotopic (exact) mass is 280 g/mol. The molecule has 1 aromatic carbocycles. The van der Waals surface area contributed by atoms with Crippen molar-refractivity contribution in [2.75, 3.05) is 20.1 Å². The Bertz CT molecular complexity index is 529. The van der Waals surface area contributed by atoms with Gasteiger partial charge in [0.15, 0.2) is 11.6 Å². The van der Waals surface area contributed by atoms with Crippen molar-refractivity contribution in [3.8, 4) is 0 Å². The summed E-state index contributed by atoms with van der Waals surface area (Å²) in [6.45, 7) is 1.74. The quantitative estimate of drug-likeness (QED) is 0.917. The van der Waals surface area contributed by atoms with Gasteiger partial charge in [-0.1, -0.05) is 12.1 Å². The Morgan fingerprint density at radius 2 is 2.20 bits per heavy atom. The van der Waals surface area contributed by atoms with Gasteiger partial charge in [0.05, 0.1) is 0 Å². The summed E-state index contributed by atoms with van der Waals surface area (Å²) in [5, 5.41) is 3.22. The van der Waals surface area contributed by atoms with Crippen molar-refractivity contribution in [1.29, 1.82) is 0 Å². The lowest BCUT2D eigenvalue weighted by molar-refractivity contribution is -0.133. The van der Waals surface area contributed by atoms with Gasteiger partial charge in [0.2, 0.25) is 5.91 Å². The molecule has 1 heterocycles. The first-order chi connectivity index (χ1) is 9.59. The predicted molar refractivity (Wildman–Crippen MR) is 71.3 cm³/mol. The Morgan fingerprint density at radius 1 is 1.40 bits per heavy atom. The number of nitrogens with one attached hydrogen (secondary N) is 1. The van der Waals surface area contributed by atoms with Crippen LogP contribution in [0.5, 0.6) is 0 Å². The average molecular weight is 280 g/mol. The Labute approximate surface area is 117 Å². The zero-order valence-corrected chi connectivity index (χ0v) is 11.4. The van der Waals surface area contributed by atoms with E-state index in [9.17, 15) is 13.6 Å². The number of likely N-dealkylation sites (N-methyl/N-ethyl adjacent to an activating group) is 1. The molecule has 1 saturated heterocycles. The van der Waals surface area contributed by atoms with Crippen LogP contribution in [0.2, 0.25) is 0 Å². The summed E-state index contributed by atoms with van der Waals surface area (Å²) in [6.07, 6.45) is 1.57. The van der Waals surface area contributed by atoms with Gasteiger partial charge in [-0.05, 0) is 36.9 Å². The van der Waals surface area contributed by atoms with Gasteiger partial charge in [-0.25, -0.2) is 8.78 Å². The van der Waals surface area contributed by atoms with Gasteiger partial charge in [-0.15, -0.1) is 0 Å². The number of hydrogen-bond donors (Lipinski definition) is 1. The molecule has 1 N–H and O–H groups in total. The maximum Gasteiger partial charge on any atom is 0.226 e. The molecule has 2 fully saturated rings. The Balaban J connectivity index is 1.69. The lowest BCUT2D eigenvalue weighted by Gasteiger charge is -2.24. The van der Waals surface area contributed by atoms with Gasteiger partial charge < -0.3 is 10.2 Å². The lowest BCUT2D eigenvalue weighted by Crippen LogP contribution is -2.39. The lowest BCUT2D eigenvalue weighted by atomic mass is 10.1. The third-order valence-corrected chi connectivity index (χ3v) is 4.42. The molecule has 1 saturated carbocycles. The van der Waals surface area contributed by atoms with E-state index in [2.05, 4.69) is 5.32 Å². The van der Waals surface area contributed by atoms with Crippen molar-refractivity contribution < 1.29 is 13.6 Å². The molecule has 2 aliphatic rings. The second kappa shape index (κ2) is 5.13. The molecule has 3 rings (SSSR count). The van der Waals surface area contributed by atoms with Crippen LogP contribution in [0.3, 0.4) is 0 Å². The summed E-state index contributed by atoms with van der Waals surface area (Å²) in [6, 6.07) is 4.40. The minimum Gasteiger partial charge on any atom is -0.341 e. The fourth-order valence-corrected chi connectivity index (χ4v) is 3.03. The molecule has 0 aromatic heterocycles. The average Bonchev–Trinajstić information content (AvgIpc) is 3.04. The molecule has 108 valence electrons. The van der Waals surface area contributed by atoms with E-state index in [-0.39, 0.29) is 23.8 Å². The molecule has 0 bridgehead atoms. The predicted octanol–water partition coefficient (Wildman–Crippen LogP) is 1.89. The van der Waals surface area contributed by atoms with E-state index >= 15 is 0 Å². The van der Waals surface area contributed by atoms with Crippen LogP contribution in [0.1, 0.15) is 24.3 Å². The van der Waals surface area contributed by atoms with Crippen molar-refractivity contribution >= 4 is 5.91 Å². The Morgan fingerprint density at radius 3 is 2.90 bits per heavy atom. The van der Waals surface area contributed by atoms with Gasteiger partial charge in [0, 0.05) is 25.6 Å². The van der Waals surface area contributed by atoms with E-state index < -0.39 is 11.6 Å². The van der Waals surface area contributed by atoms with Crippen LogP contribution in [0, 0.1) is 17.6 Å². The number of hydrogen-bond acceptors (Lipinski definition) is 2. The summed E-state index contributed by atoms with van der Waals surface area (Å²) in [7, 11) is 1.80. The molecule has 20 heavy (non-hydrogen) atoms. The Hall–Kier alpha value is -1.49. The largest absolute Gasteiger partial charge is 0.341 e. The van der Waals surface area contributed by atoms with Crippen molar-refractivity contribution in [3.05, 3.63) is 35.4 Å². The number of nitrogens with zero attached hydrogens (tertiary/aromatic N) is 1. The molecule has 3 atom stereocenters. The standard InChI is InChI=1S/C15H18F2N2O/c1-19(9-5-6-18-8-9)15(20)12-7-11(12)10-3-2-4-13(16)14(10)17/h2-4,9,11-12,18H,5-8H2,1H3/t9-,11-,12+/m0/s1. The summed E-state index contributed by atoms with van der Waals surface area (Å²) in [5.41, 5.74) is 0.335. The zero-order chi connectivity index (χ0) is 14.3. The third-order valence-electron chi connectivity index (χ3n) is 4.42. The van der Waals surface area contributed by atoms with E-state index in [0.717, 1.165) is 25.6 Å². The highest BCUT2D eigenvalue weighted by molar-refractivity contribution is 5.83. The van der Waals surface area contributed by atoms with Crippen molar-refractivity contribution in [2.24, 2.45) is 5.92 Å². The maximum absolute atomic E-state index is 13.7. The van der Waals surface area contributed by atoms with Gasteiger partial charge in [-0.2, -0.15) is 0 Å². The van der Waals surface area contributed by atoms with Crippen LogP contribution in [-0.4, -0.2) is 37.0 Å². The van der Waals surface area contributed by atoms with Gasteiger partial charge in [-0.3, -0.25) is 4.79 Å². The molecule has 1 amide bonds.